The Morgan fingerprint density at radius 1 is 1.42 bits per heavy atom. The van der Waals surface area contributed by atoms with E-state index in [9.17, 15) is 9.59 Å². The Morgan fingerprint density at radius 3 is 3.00 bits per heavy atom. The molecule has 3 aromatic heterocycles. The molecule has 9 nitrogen and oxygen atoms in total. The van der Waals surface area contributed by atoms with E-state index in [1.807, 2.05) is 24.8 Å². The summed E-state index contributed by atoms with van der Waals surface area (Å²) in [6.45, 7) is 4.66. The number of aryl methyl sites for hydroxylation is 1. The highest BCUT2D eigenvalue weighted by molar-refractivity contribution is 5.76. The molecule has 3 aromatic rings. The van der Waals surface area contributed by atoms with Gasteiger partial charge in [-0.15, -0.1) is 0 Å². The summed E-state index contributed by atoms with van der Waals surface area (Å²) in [5, 5.41) is 7.16. The summed E-state index contributed by atoms with van der Waals surface area (Å²) in [6.07, 6.45) is 5.36. The van der Waals surface area contributed by atoms with E-state index in [1.54, 1.807) is 0 Å². The van der Waals surface area contributed by atoms with Gasteiger partial charge in [0.05, 0.1) is 11.7 Å². The third kappa shape index (κ3) is 2.69. The molecule has 1 amide bonds. The Balaban J connectivity index is 1.66. The van der Waals surface area contributed by atoms with Crippen molar-refractivity contribution in [1.29, 1.82) is 0 Å². The maximum absolute atomic E-state index is 12.7. The van der Waals surface area contributed by atoms with Crippen LogP contribution in [0.1, 0.15) is 42.8 Å². The first-order valence-electron chi connectivity index (χ1n) is 8.81. The van der Waals surface area contributed by atoms with Crippen LogP contribution in [-0.4, -0.2) is 46.7 Å². The average molecular weight is 355 g/mol. The van der Waals surface area contributed by atoms with Gasteiger partial charge in [0, 0.05) is 23.9 Å². The van der Waals surface area contributed by atoms with Crippen LogP contribution >= 0.6 is 0 Å². The van der Waals surface area contributed by atoms with Crippen molar-refractivity contribution in [1.82, 2.24) is 34.3 Å². The van der Waals surface area contributed by atoms with Crippen molar-refractivity contribution in [3.05, 3.63) is 46.0 Å². The number of hydrogen-bond donors (Lipinski definition) is 1. The Bertz CT molecular complexity index is 1000. The van der Waals surface area contributed by atoms with E-state index >= 15 is 0 Å². The molecule has 136 valence electrons. The average Bonchev–Trinajstić information content (AvgIpc) is 3.34. The van der Waals surface area contributed by atoms with Crippen molar-refractivity contribution < 1.29 is 4.79 Å². The van der Waals surface area contributed by atoms with Gasteiger partial charge < -0.3 is 4.90 Å². The van der Waals surface area contributed by atoms with Crippen LogP contribution in [0.5, 0.6) is 0 Å². The van der Waals surface area contributed by atoms with Crippen molar-refractivity contribution in [2.75, 3.05) is 6.54 Å². The molecular formula is C17H21N7O2. The largest absolute Gasteiger partial charge is 0.332 e. The third-order valence-corrected chi connectivity index (χ3v) is 4.98. The molecule has 4 heterocycles. The summed E-state index contributed by atoms with van der Waals surface area (Å²) < 4.78 is 3.01. The van der Waals surface area contributed by atoms with Crippen LogP contribution in [0, 0.1) is 6.92 Å². The van der Waals surface area contributed by atoms with Gasteiger partial charge in [-0.25, -0.2) is 19.2 Å². The first-order chi connectivity index (χ1) is 12.6. The van der Waals surface area contributed by atoms with Gasteiger partial charge in [0.25, 0.3) is 5.56 Å². The molecule has 0 unspecified atom stereocenters. The molecule has 1 aliphatic rings. The quantitative estimate of drug-likeness (QED) is 0.748. The summed E-state index contributed by atoms with van der Waals surface area (Å²) in [5.74, 6) is -0.0117. The molecule has 0 aliphatic carbocycles. The van der Waals surface area contributed by atoms with Crippen LogP contribution in [-0.2, 0) is 17.8 Å². The topological polar surface area (TPSA) is 101 Å². The van der Waals surface area contributed by atoms with E-state index in [1.165, 1.54) is 21.9 Å². The fourth-order valence-corrected chi connectivity index (χ4v) is 3.70. The molecule has 1 fully saturated rings. The standard InChI is InChI=1S/C17H21N7O2/c1-3-12-11(2)20-15-7-13(21-24(15)17(12)26)14-5-4-6-23(14)16(25)8-22-10-18-9-19-22/h7,9-10,14,21H,3-6,8H2,1-2H3/t14-/m1/s1. The van der Waals surface area contributed by atoms with Crippen molar-refractivity contribution in [3.63, 3.8) is 0 Å². The Kier molecular flexibility index (Phi) is 4.06. The number of nitrogens with one attached hydrogen (secondary N) is 1. The van der Waals surface area contributed by atoms with Crippen molar-refractivity contribution in [2.45, 2.75) is 45.7 Å². The molecule has 0 saturated carbocycles. The zero-order valence-electron chi connectivity index (χ0n) is 14.8. The summed E-state index contributed by atoms with van der Waals surface area (Å²) >= 11 is 0. The van der Waals surface area contributed by atoms with E-state index in [-0.39, 0.29) is 24.1 Å². The number of amides is 1. The fourth-order valence-electron chi connectivity index (χ4n) is 3.70. The zero-order valence-corrected chi connectivity index (χ0v) is 14.8. The Labute approximate surface area is 149 Å². The first kappa shape index (κ1) is 16.5. The lowest BCUT2D eigenvalue weighted by Crippen LogP contribution is -2.33. The van der Waals surface area contributed by atoms with Crippen LogP contribution < -0.4 is 5.56 Å². The second-order valence-corrected chi connectivity index (χ2v) is 6.58. The van der Waals surface area contributed by atoms with Gasteiger partial charge in [-0.1, -0.05) is 6.92 Å². The number of carbonyl (C=O) groups excluding carboxylic acids is 1. The number of fused-ring (bicyclic) bond motifs is 1. The molecule has 0 aromatic carbocycles. The maximum atomic E-state index is 12.7. The van der Waals surface area contributed by atoms with Gasteiger partial charge in [-0.3, -0.25) is 14.7 Å². The smallest absolute Gasteiger partial charge is 0.276 e. The first-order valence-corrected chi connectivity index (χ1v) is 8.81. The summed E-state index contributed by atoms with van der Waals surface area (Å²) in [7, 11) is 0. The van der Waals surface area contributed by atoms with E-state index in [4.69, 9.17) is 0 Å². The number of carbonyl (C=O) groups is 1. The minimum atomic E-state index is -0.0856. The molecule has 1 saturated heterocycles. The molecular weight excluding hydrogens is 334 g/mol. The second-order valence-electron chi connectivity index (χ2n) is 6.58. The molecule has 1 N–H and O–H groups in total. The van der Waals surface area contributed by atoms with Gasteiger partial charge >= 0.3 is 0 Å². The second kappa shape index (κ2) is 6.40. The number of aromatic nitrogens is 6. The lowest BCUT2D eigenvalue weighted by molar-refractivity contribution is -0.133. The van der Waals surface area contributed by atoms with E-state index in [0.717, 1.165) is 24.2 Å². The number of rotatable bonds is 4. The number of nitrogens with zero attached hydrogens (tertiary/aromatic N) is 6. The van der Waals surface area contributed by atoms with Gasteiger partial charge in [0.1, 0.15) is 19.2 Å². The van der Waals surface area contributed by atoms with Crippen LogP contribution in [0.4, 0.5) is 0 Å². The van der Waals surface area contributed by atoms with Crippen molar-refractivity contribution in [2.24, 2.45) is 0 Å². The van der Waals surface area contributed by atoms with Crippen molar-refractivity contribution >= 4 is 11.6 Å². The molecule has 0 radical (unpaired) electrons. The van der Waals surface area contributed by atoms with Gasteiger partial charge in [-0.2, -0.15) is 5.10 Å². The molecule has 26 heavy (non-hydrogen) atoms. The van der Waals surface area contributed by atoms with Gasteiger partial charge in [0.2, 0.25) is 5.91 Å². The minimum Gasteiger partial charge on any atom is -0.332 e. The molecule has 0 bridgehead atoms. The fraction of sp³-hybridized carbons (Fsp3) is 0.471. The third-order valence-electron chi connectivity index (χ3n) is 4.98. The molecule has 9 heteroatoms. The number of hydrogen-bond acceptors (Lipinski definition) is 5. The molecule has 1 aliphatic heterocycles. The zero-order chi connectivity index (χ0) is 18.3. The monoisotopic (exact) mass is 355 g/mol. The lowest BCUT2D eigenvalue weighted by atomic mass is 10.1. The Morgan fingerprint density at radius 2 is 2.27 bits per heavy atom. The van der Waals surface area contributed by atoms with Crippen LogP contribution in [0.3, 0.4) is 0 Å². The molecule has 0 spiro atoms. The summed E-state index contributed by atoms with van der Waals surface area (Å²) in [6, 6.07) is 1.79. The number of aromatic amines is 1. The highest BCUT2D eigenvalue weighted by Gasteiger charge is 2.31. The summed E-state index contributed by atoms with van der Waals surface area (Å²) in [5.41, 5.74) is 2.83. The predicted octanol–water partition coefficient (Wildman–Crippen LogP) is 0.849. The highest BCUT2D eigenvalue weighted by atomic mass is 16.2. The van der Waals surface area contributed by atoms with Gasteiger partial charge in [0.15, 0.2) is 5.65 Å². The Hall–Kier alpha value is -2.97. The van der Waals surface area contributed by atoms with E-state index in [0.29, 0.717) is 24.2 Å². The number of likely N-dealkylation sites (tertiary alicyclic amines) is 1. The predicted molar refractivity (Wildman–Crippen MR) is 93.6 cm³/mol. The van der Waals surface area contributed by atoms with Crippen molar-refractivity contribution in [3.8, 4) is 0 Å². The number of H-pyrrole nitrogens is 1. The van der Waals surface area contributed by atoms with Gasteiger partial charge in [-0.05, 0) is 26.2 Å². The van der Waals surface area contributed by atoms with E-state index < -0.39 is 0 Å². The molecule has 1 atom stereocenters. The lowest BCUT2D eigenvalue weighted by Gasteiger charge is -2.23. The normalized spacial score (nSPS) is 17.3. The van der Waals surface area contributed by atoms with E-state index in [2.05, 4.69) is 20.2 Å². The maximum Gasteiger partial charge on any atom is 0.276 e. The van der Waals surface area contributed by atoms with Crippen LogP contribution in [0.2, 0.25) is 0 Å². The minimum absolute atomic E-state index is 0.0117. The molecule has 4 rings (SSSR count). The highest BCUT2D eigenvalue weighted by Crippen LogP contribution is 2.31. The SMILES string of the molecule is CCc1c(C)nc2cc([C@H]3CCCN3C(=O)Cn3cncn3)[nH]n2c1=O. The van der Waals surface area contributed by atoms with Crippen LogP contribution in [0.15, 0.2) is 23.5 Å². The summed E-state index contributed by atoms with van der Waals surface area (Å²) in [4.78, 5) is 35.5. The van der Waals surface area contributed by atoms with Crippen LogP contribution in [0.25, 0.3) is 5.65 Å².